The average Bonchev–Trinajstić information content (AvgIpc) is 2.08. The van der Waals surface area contributed by atoms with Gasteiger partial charge in [-0.3, -0.25) is 10.3 Å². The Balaban J connectivity index is 2.36. The fraction of sp³-hybridized carbons (Fsp3) is 0.833. The monoisotopic (exact) mass is 163 g/mol. The van der Waals surface area contributed by atoms with E-state index in [-0.39, 0.29) is 25.3 Å². The van der Waals surface area contributed by atoms with Crippen LogP contribution in [0.2, 0.25) is 0 Å². The quantitative estimate of drug-likeness (QED) is 0.453. The lowest BCUT2D eigenvalue weighted by Crippen LogP contribution is -2.33. The van der Waals surface area contributed by atoms with Crippen LogP contribution in [0.5, 0.6) is 0 Å². The van der Waals surface area contributed by atoms with Crippen LogP contribution in [0.3, 0.4) is 0 Å². The van der Waals surface area contributed by atoms with Crippen molar-refractivity contribution in [1.82, 2.24) is 4.90 Å². The summed E-state index contributed by atoms with van der Waals surface area (Å²) in [4.78, 5) is 1.49. The van der Waals surface area contributed by atoms with Crippen molar-refractivity contribution in [3.63, 3.8) is 0 Å². The predicted molar refractivity (Wildman–Crippen MR) is 37.9 cm³/mol. The van der Waals surface area contributed by atoms with Crippen LogP contribution in [0.15, 0.2) is 0 Å². The molecule has 1 aliphatic heterocycles. The number of hydrogen-bond donors (Lipinski definition) is 2. The van der Waals surface area contributed by atoms with E-state index in [0.717, 1.165) is 0 Å². The van der Waals surface area contributed by atoms with E-state index in [1.54, 1.807) is 0 Å². The van der Waals surface area contributed by atoms with E-state index in [1.807, 2.05) is 0 Å². The van der Waals surface area contributed by atoms with E-state index < -0.39 is 5.92 Å². The summed E-state index contributed by atoms with van der Waals surface area (Å²) in [5.74, 6) is -2.63. The maximum absolute atomic E-state index is 12.5. The van der Waals surface area contributed by atoms with Crippen LogP contribution < -0.4 is 5.73 Å². The van der Waals surface area contributed by atoms with Crippen LogP contribution in [0.25, 0.3) is 0 Å². The standard InChI is InChI=1S/C6H11F2N3/c7-6(8)1-2-11(4-6)3-5(9)10/h1-4H2,(H3,9,10). The molecule has 0 aromatic heterocycles. The lowest BCUT2D eigenvalue weighted by molar-refractivity contribution is 0.0136. The molecule has 0 aliphatic carbocycles. The molecule has 0 radical (unpaired) electrons. The molecule has 1 saturated heterocycles. The first kappa shape index (κ1) is 8.39. The second kappa shape index (κ2) is 2.73. The highest BCUT2D eigenvalue weighted by Crippen LogP contribution is 2.26. The van der Waals surface area contributed by atoms with Crippen LogP contribution in [0.4, 0.5) is 8.78 Å². The SMILES string of the molecule is N=C(N)CN1CCC(F)(F)C1. The minimum absolute atomic E-state index is 0.0531. The van der Waals surface area contributed by atoms with Gasteiger partial charge in [-0.1, -0.05) is 0 Å². The fourth-order valence-corrected chi connectivity index (χ4v) is 1.18. The maximum atomic E-state index is 12.5. The summed E-state index contributed by atoms with van der Waals surface area (Å²) in [6, 6.07) is 0. The highest BCUT2D eigenvalue weighted by Gasteiger charge is 2.37. The molecule has 0 atom stereocenters. The summed E-state index contributed by atoms with van der Waals surface area (Å²) in [5, 5.41) is 6.88. The predicted octanol–water partition coefficient (Wildman–Crippen LogP) is 0.263. The zero-order valence-corrected chi connectivity index (χ0v) is 6.11. The first-order chi connectivity index (χ1) is 4.99. The van der Waals surface area contributed by atoms with E-state index in [2.05, 4.69) is 0 Å². The number of nitrogens with two attached hydrogens (primary N) is 1. The molecule has 1 fully saturated rings. The molecule has 0 saturated carbocycles. The number of nitrogens with one attached hydrogen (secondary N) is 1. The molecule has 0 aromatic carbocycles. The molecular formula is C6H11F2N3. The van der Waals surface area contributed by atoms with Crippen molar-refractivity contribution >= 4 is 5.84 Å². The van der Waals surface area contributed by atoms with Crippen molar-refractivity contribution in [2.75, 3.05) is 19.6 Å². The largest absolute Gasteiger partial charge is 0.387 e. The number of halogens is 2. The van der Waals surface area contributed by atoms with Gasteiger partial charge in [-0.05, 0) is 0 Å². The van der Waals surface area contributed by atoms with Gasteiger partial charge < -0.3 is 5.73 Å². The third kappa shape index (κ3) is 2.42. The van der Waals surface area contributed by atoms with Crippen LogP contribution >= 0.6 is 0 Å². The Morgan fingerprint density at radius 2 is 2.27 bits per heavy atom. The Morgan fingerprint density at radius 3 is 2.64 bits per heavy atom. The number of nitrogens with zero attached hydrogens (tertiary/aromatic N) is 1. The van der Waals surface area contributed by atoms with Gasteiger partial charge in [-0.2, -0.15) is 0 Å². The van der Waals surface area contributed by atoms with E-state index in [9.17, 15) is 8.78 Å². The van der Waals surface area contributed by atoms with Gasteiger partial charge in [0.05, 0.1) is 13.1 Å². The molecule has 1 aliphatic rings. The minimum Gasteiger partial charge on any atom is -0.387 e. The van der Waals surface area contributed by atoms with Gasteiger partial charge in [0.2, 0.25) is 0 Å². The number of alkyl halides is 2. The van der Waals surface area contributed by atoms with E-state index in [4.69, 9.17) is 11.1 Å². The molecule has 3 N–H and O–H groups in total. The molecular weight excluding hydrogens is 152 g/mol. The van der Waals surface area contributed by atoms with E-state index in [1.165, 1.54) is 4.90 Å². The van der Waals surface area contributed by atoms with E-state index >= 15 is 0 Å². The molecule has 0 amide bonds. The highest BCUT2D eigenvalue weighted by atomic mass is 19.3. The van der Waals surface area contributed by atoms with Crippen molar-refractivity contribution < 1.29 is 8.78 Å². The molecule has 5 heteroatoms. The summed E-state index contributed by atoms with van der Waals surface area (Å²) in [6.45, 7) is 0.245. The summed E-state index contributed by atoms with van der Waals surface area (Å²) in [5.41, 5.74) is 5.06. The van der Waals surface area contributed by atoms with Crippen LogP contribution in [0.1, 0.15) is 6.42 Å². The molecule has 64 valence electrons. The van der Waals surface area contributed by atoms with Gasteiger partial charge in [0.25, 0.3) is 5.92 Å². The number of hydrogen-bond acceptors (Lipinski definition) is 2. The van der Waals surface area contributed by atoms with Gasteiger partial charge in [0, 0.05) is 13.0 Å². The molecule has 11 heavy (non-hydrogen) atoms. The van der Waals surface area contributed by atoms with Crippen molar-refractivity contribution in [2.45, 2.75) is 12.3 Å². The fourth-order valence-electron chi connectivity index (χ4n) is 1.18. The summed E-state index contributed by atoms with van der Waals surface area (Å²) in [6.07, 6.45) is -0.111. The van der Waals surface area contributed by atoms with Crippen molar-refractivity contribution in [2.24, 2.45) is 5.73 Å². The summed E-state index contributed by atoms with van der Waals surface area (Å²) in [7, 11) is 0. The summed E-state index contributed by atoms with van der Waals surface area (Å²) < 4.78 is 25.0. The molecule has 0 aromatic rings. The van der Waals surface area contributed by atoms with Gasteiger partial charge in [-0.25, -0.2) is 8.78 Å². The topological polar surface area (TPSA) is 53.1 Å². The van der Waals surface area contributed by atoms with E-state index in [0.29, 0.717) is 6.54 Å². The lowest BCUT2D eigenvalue weighted by atomic mass is 10.3. The number of amidine groups is 1. The second-order valence-corrected chi connectivity index (χ2v) is 2.84. The molecule has 0 spiro atoms. The Labute approximate surface area is 63.7 Å². The Morgan fingerprint density at radius 1 is 1.64 bits per heavy atom. The van der Waals surface area contributed by atoms with Gasteiger partial charge in [-0.15, -0.1) is 0 Å². The molecule has 1 heterocycles. The third-order valence-corrected chi connectivity index (χ3v) is 1.64. The molecule has 0 unspecified atom stereocenters. The van der Waals surface area contributed by atoms with Crippen molar-refractivity contribution in [3.8, 4) is 0 Å². The molecule has 1 rings (SSSR count). The van der Waals surface area contributed by atoms with Crippen LogP contribution in [0, 0.1) is 5.41 Å². The Bertz CT molecular complexity index is 169. The zero-order valence-electron chi connectivity index (χ0n) is 6.11. The van der Waals surface area contributed by atoms with Crippen LogP contribution in [-0.4, -0.2) is 36.3 Å². The minimum atomic E-state index is -2.57. The first-order valence-corrected chi connectivity index (χ1v) is 3.43. The Hall–Kier alpha value is -0.710. The lowest BCUT2D eigenvalue weighted by Gasteiger charge is -2.13. The highest BCUT2D eigenvalue weighted by molar-refractivity contribution is 5.78. The van der Waals surface area contributed by atoms with Gasteiger partial charge in [0.1, 0.15) is 5.84 Å². The zero-order chi connectivity index (χ0) is 8.48. The first-order valence-electron chi connectivity index (χ1n) is 3.43. The van der Waals surface area contributed by atoms with Crippen molar-refractivity contribution in [1.29, 1.82) is 5.41 Å². The molecule has 3 nitrogen and oxygen atoms in total. The maximum Gasteiger partial charge on any atom is 0.261 e. The second-order valence-electron chi connectivity index (χ2n) is 2.84. The normalized spacial score (nSPS) is 23.8. The number of rotatable bonds is 2. The Kier molecular flexibility index (Phi) is 2.08. The summed E-state index contributed by atoms with van der Waals surface area (Å²) >= 11 is 0. The smallest absolute Gasteiger partial charge is 0.261 e. The molecule has 0 bridgehead atoms. The number of likely N-dealkylation sites (tertiary alicyclic amines) is 1. The average molecular weight is 163 g/mol. The van der Waals surface area contributed by atoms with Gasteiger partial charge >= 0.3 is 0 Å². The third-order valence-electron chi connectivity index (χ3n) is 1.64. The van der Waals surface area contributed by atoms with Gasteiger partial charge in [0.15, 0.2) is 0 Å². The van der Waals surface area contributed by atoms with Crippen molar-refractivity contribution in [3.05, 3.63) is 0 Å². The van der Waals surface area contributed by atoms with Crippen LogP contribution in [-0.2, 0) is 0 Å².